The van der Waals surface area contributed by atoms with Crippen molar-refractivity contribution in [1.29, 1.82) is 0 Å². The molecule has 2 aromatic heterocycles. The van der Waals surface area contributed by atoms with Gasteiger partial charge in [0.1, 0.15) is 10.0 Å². The average molecular weight is 413 g/mol. The molecule has 0 spiro atoms. The first kappa shape index (κ1) is 18.7. The van der Waals surface area contributed by atoms with Gasteiger partial charge >= 0.3 is 6.18 Å². The van der Waals surface area contributed by atoms with Crippen molar-refractivity contribution in [2.24, 2.45) is 0 Å². The molecule has 0 atom stereocenters. The van der Waals surface area contributed by atoms with Crippen LogP contribution in [0.1, 0.15) is 54.7 Å². The number of anilines is 1. The Hall–Kier alpha value is -1.67. The highest BCUT2D eigenvalue weighted by Gasteiger charge is 2.35. The highest BCUT2D eigenvalue weighted by molar-refractivity contribution is 7.18. The molecule has 2 aromatic rings. The van der Waals surface area contributed by atoms with Crippen molar-refractivity contribution in [3.8, 4) is 10.6 Å². The number of carbonyl (C=O) groups is 1. The second-order valence-electron chi connectivity index (χ2n) is 6.88. The normalized spacial score (nSPS) is 17.4. The number of rotatable bonds is 3. The van der Waals surface area contributed by atoms with Crippen LogP contribution in [0.2, 0.25) is 0 Å². The Morgan fingerprint density at radius 1 is 1.11 bits per heavy atom. The van der Waals surface area contributed by atoms with E-state index in [4.69, 9.17) is 0 Å². The van der Waals surface area contributed by atoms with Gasteiger partial charge in [-0.15, -0.1) is 22.7 Å². The van der Waals surface area contributed by atoms with Crippen LogP contribution in [-0.4, -0.2) is 10.9 Å². The molecule has 8 heteroatoms. The first-order chi connectivity index (χ1) is 12.9. The minimum absolute atomic E-state index is 0.137. The van der Waals surface area contributed by atoms with Crippen LogP contribution < -0.4 is 5.32 Å². The molecule has 2 aliphatic rings. The zero-order chi connectivity index (χ0) is 19.0. The number of hydrogen-bond donors (Lipinski definition) is 1. The second kappa shape index (κ2) is 7.39. The van der Waals surface area contributed by atoms with Crippen LogP contribution in [0, 0.1) is 0 Å². The number of nitrogens with zero attached hydrogens (tertiary/aromatic N) is 1. The first-order valence-corrected chi connectivity index (χ1v) is 10.8. The zero-order valence-electron chi connectivity index (χ0n) is 14.6. The van der Waals surface area contributed by atoms with Gasteiger partial charge in [-0.3, -0.25) is 4.79 Å². The molecule has 3 nitrogen and oxygen atoms in total. The van der Waals surface area contributed by atoms with E-state index in [1.54, 1.807) is 0 Å². The Morgan fingerprint density at radius 3 is 2.59 bits per heavy atom. The van der Waals surface area contributed by atoms with Crippen LogP contribution >= 0.6 is 22.7 Å². The summed E-state index contributed by atoms with van der Waals surface area (Å²) in [6.45, 7) is 0. The van der Waals surface area contributed by atoms with Crippen molar-refractivity contribution < 1.29 is 18.0 Å². The number of carbonyl (C=O) groups excluding carboxylic acids is 1. The van der Waals surface area contributed by atoms with Gasteiger partial charge in [0, 0.05) is 21.4 Å². The minimum Gasteiger partial charge on any atom is -0.313 e. The Balaban J connectivity index is 1.71. The van der Waals surface area contributed by atoms with Crippen molar-refractivity contribution in [2.45, 2.75) is 57.5 Å². The van der Waals surface area contributed by atoms with E-state index in [2.05, 4.69) is 10.3 Å². The number of alkyl halides is 3. The van der Waals surface area contributed by atoms with Crippen LogP contribution in [0.4, 0.5) is 18.2 Å². The molecule has 0 unspecified atom stereocenters. The predicted molar refractivity (Wildman–Crippen MR) is 102 cm³/mol. The highest BCUT2D eigenvalue weighted by atomic mass is 32.1. The fourth-order valence-electron chi connectivity index (χ4n) is 3.63. The monoisotopic (exact) mass is 412 g/mol. The number of thiophene rings is 1. The molecule has 0 aliphatic heterocycles. The number of allylic oxidation sites excluding steroid dienone is 1. The molecule has 0 radical (unpaired) electrons. The van der Waals surface area contributed by atoms with E-state index in [0.717, 1.165) is 84.1 Å². The fraction of sp³-hybridized carbons (Fsp3) is 0.474. The number of aryl methyl sites for hydroxylation is 1. The van der Waals surface area contributed by atoms with Crippen LogP contribution in [0.15, 0.2) is 17.0 Å². The highest BCUT2D eigenvalue weighted by Crippen LogP contribution is 2.46. The lowest BCUT2D eigenvalue weighted by molar-refractivity contribution is -0.140. The van der Waals surface area contributed by atoms with E-state index in [-0.39, 0.29) is 5.91 Å². The van der Waals surface area contributed by atoms with Crippen LogP contribution in [0.25, 0.3) is 10.6 Å². The molecule has 0 fully saturated rings. The fourth-order valence-corrected chi connectivity index (χ4v) is 5.88. The second-order valence-corrected chi connectivity index (χ2v) is 8.84. The topological polar surface area (TPSA) is 42.0 Å². The van der Waals surface area contributed by atoms with Gasteiger partial charge in [0.2, 0.25) is 0 Å². The number of nitrogens with one attached hydrogen (secondary N) is 1. The zero-order valence-corrected chi connectivity index (χ0v) is 16.3. The van der Waals surface area contributed by atoms with Gasteiger partial charge in [-0.25, -0.2) is 4.98 Å². The molecule has 1 N–H and O–H groups in total. The summed E-state index contributed by atoms with van der Waals surface area (Å²) in [4.78, 5) is 17.7. The lowest BCUT2D eigenvalue weighted by Crippen LogP contribution is -2.15. The van der Waals surface area contributed by atoms with E-state index in [0.29, 0.717) is 15.6 Å². The largest absolute Gasteiger partial charge is 0.434 e. The number of hydrogen-bond acceptors (Lipinski definition) is 4. The predicted octanol–water partition coefficient (Wildman–Crippen LogP) is 6.21. The average Bonchev–Trinajstić information content (AvgIpc) is 3.26. The molecule has 27 heavy (non-hydrogen) atoms. The third-order valence-electron chi connectivity index (χ3n) is 4.99. The van der Waals surface area contributed by atoms with Crippen molar-refractivity contribution in [3.63, 3.8) is 0 Å². The van der Waals surface area contributed by atoms with E-state index < -0.39 is 11.9 Å². The molecule has 0 saturated carbocycles. The summed E-state index contributed by atoms with van der Waals surface area (Å²) in [6, 6.07) is 0. The third-order valence-corrected chi connectivity index (χ3v) is 7.06. The number of halogens is 3. The standard InChI is InChI=1S/C19H19F3N2OS2/c20-19(21,22)14-10-26-17(23-14)15-12-8-4-5-9-13(12)27-18(15)24-16(25)11-6-2-1-3-7-11/h6,10H,1-5,7-9H2,(H,24,25). The van der Waals surface area contributed by atoms with Crippen LogP contribution in [0.5, 0.6) is 0 Å². The lowest BCUT2D eigenvalue weighted by Gasteiger charge is -2.13. The van der Waals surface area contributed by atoms with Gasteiger partial charge in [0.25, 0.3) is 5.91 Å². The van der Waals surface area contributed by atoms with Crippen molar-refractivity contribution >= 4 is 33.6 Å². The lowest BCUT2D eigenvalue weighted by atomic mass is 9.95. The van der Waals surface area contributed by atoms with Crippen molar-refractivity contribution in [3.05, 3.63) is 33.2 Å². The molecular weight excluding hydrogens is 393 g/mol. The summed E-state index contributed by atoms with van der Waals surface area (Å²) in [5.74, 6) is -0.137. The van der Waals surface area contributed by atoms with Gasteiger partial charge in [-0.2, -0.15) is 13.2 Å². The number of thiazole rings is 1. The Kier molecular flexibility index (Phi) is 5.11. The Bertz CT molecular complexity index is 895. The van der Waals surface area contributed by atoms with Gasteiger partial charge in [-0.05, 0) is 56.9 Å². The van der Waals surface area contributed by atoms with Gasteiger partial charge in [-0.1, -0.05) is 6.08 Å². The van der Waals surface area contributed by atoms with Gasteiger partial charge in [0.15, 0.2) is 5.69 Å². The number of fused-ring (bicyclic) bond motifs is 1. The van der Waals surface area contributed by atoms with Crippen LogP contribution in [-0.2, 0) is 23.8 Å². The van der Waals surface area contributed by atoms with E-state index in [9.17, 15) is 18.0 Å². The summed E-state index contributed by atoms with van der Waals surface area (Å²) in [6.07, 6.45) is 5.05. The summed E-state index contributed by atoms with van der Waals surface area (Å²) < 4.78 is 39.0. The van der Waals surface area contributed by atoms with E-state index in [1.165, 1.54) is 11.3 Å². The van der Waals surface area contributed by atoms with Gasteiger partial charge in [0.05, 0.1) is 0 Å². The van der Waals surface area contributed by atoms with Crippen molar-refractivity contribution in [1.82, 2.24) is 4.98 Å². The third kappa shape index (κ3) is 3.82. The molecule has 0 aromatic carbocycles. The molecule has 1 amide bonds. The van der Waals surface area contributed by atoms with E-state index in [1.807, 2.05) is 6.08 Å². The smallest absolute Gasteiger partial charge is 0.313 e. The summed E-state index contributed by atoms with van der Waals surface area (Å²) >= 11 is 2.49. The van der Waals surface area contributed by atoms with Crippen LogP contribution in [0.3, 0.4) is 0 Å². The maximum Gasteiger partial charge on any atom is 0.434 e. The number of amides is 1. The van der Waals surface area contributed by atoms with E-state index >= 15 is 0 Å². The summed E-state index contributed by atoms with van der Waals surface area (Å²) in [7, 11) is 0. The quantitative estimate of drug-likeness (QED) is 0.651. The first-order valence-electron chi connectivity index (χ1n) is 9.11. The summed E-state index contributed by atoms with van der Waals surface area (Å²) in [5.41, 5.74) is 1.65. The maximum absolute atomic E-state index is 13.0. The molecule has 0 bridgehead atoms. The summed E-state index contributed by atoms with van der Waals surface area (Å²) in [5, 5.41) is 5.02. The minimum atomic E-state index is -4.46. The molecule has 4 rings (SSSR count). The van der Waals surface area contributed by atoms with Gasteiger partial charge < -0.3 is 5.32 Å². The van der Waals surface area contributed by atoms with Crippen molar-refractivity contribution in [2.75, 3.05) is 5.32 Å². The SMILES string of the molecule is O=C(Nc1sc2c(c1-c1nc(C(F)(F)F)cs1)CCCC2)C1=CCCCC1. The molecule has 2 aliphatic carbocycles. The molecule has 0 saturated heterocycles. The molecule has 144 valence electrons. The Labute approximate surface area is 163 Å². The molecule has 2 heterocycles. The maximum atomic E-state index is 13.0. The number of aromatic nitrogens is 1. The molecular formula is C19H19F3N2OS2. The Morgan fingerprint density at radius 2 is 1.89 bits per heavy atom.